The van der Waals surface area contributed by atoms with Crippen LogP contribution < -0.4 is 0 Å². The van der Waals surface area contributed by atoms with Gasteiger partial charge in [0, 0.05) is 11.3 Å². The van der Waals surface area contributed by atoms with Gasteiger partial charge in [-0.1, -0.05) is 35.4 Å². The van der Waals surface area contributed by atoms with Crippen LogP contribution in [0.25, 0.3) is 10.4 Å². The predicted octanol–water partition coefficient (Wildman–Crippen LogP) is 1.58. The minimum absolute atomic E-state index is 0.194. The van der Waals surface area contributed by atoms with Crippen LogP contribution >= 0.6 is 0 Å². The molecule has 0 aromatic heterocycles. The summed E-state index contributed by atoms with van der Waals surface area (Å²) in [4.78, 5) is 2.69. The summed E-state index contributed by atoms with van der Waals surface area (Å²) in [6, 6.07) is 8.45. The number of ether oxygens (including phenoxy) is 1. The van der Waals surface area contributed by atoms with Crippen molar-refractivity contribution in [3.63, 3.8) is 0 Å². The molecule has 4 atom stereocenters. The van der Waals surface area contributed by atoms with Crippen LogP contribution in [-0.4, -0.2) is 34.1 Å². The summed E-state index contributed by atoms with van der Waals surface area (Å²) in [7, 11) is 0. The zero-order chi connectivity index (χ0) is 13.9. The molecule has 1 aliphatic rings. The van der Waals surface area contributed by atoms with Crippen LogP contribution in [0, 0.1) is 6.61 Å². The average Bonchev–Trinajstić information content (AvgIpc) is 2.41. The fourth-order valence-electron chi connectivity index (χ4n) is 2.21. The first kappa shape index (κ1) is 13.8. The fraction of sp³-hybridized carbons (Fsp3) is 0.462. The van der Waals surface area contributed by atoms with Crippen molar-refractivity contribution in [2.75, 3.05) is 0 Å². The Morgan fingerprint density at radius 3 is 2.74 bits per heavy atom. The van der Waals surface area contributed by atoms with E-state index in [1.54, 1.807) is 6.92 Å². The predicted molar refractivity (Wildman–Crippen MR) is 68.9 cm³/mol. The maximum absolute atomic E-state index is 10.5. The first-order valence-corrected chi connectivity index (χ1v) is 6.05. The third-order valence-corrected chi connectivity index (χ3v) is 3.32. The van der Waals surface area contributed by atoms with Crippen LogP contribution in [0.1, 0.15) is 12.5 Å². The second kappa shape index (κ2) is 5.59. The molecule has 1 heterocycles. The van der Waals surface area contributed by atoms with E-state index in [4.69, 9.17) is 10.3 Å². The van der Waals surface area contributed by atoms with Gasteiger partial charge in [0.25, 0.3) is 0 Å². The Hall–Kier alpha value is -1.59. The van der Waals surface area contributed by atoms with E-state index in [2.05, 4.69) is 10.0 Å². The Balaban J connectivity index is 2.20. The monoisotopic (exact) mass is 262 g/mol. The van der Waals surface area contributed by atoms with Gasteiger partial charge in [-0.3, -0.25) is 0 Å². The van der Waals surface area contributed by atoms with Gasteiger partial charge in [0.15, 0.2) is 0 Å². The van der Waals surface area contributed by atoms with Gasteiger partial charge < -0.3 is 14.9 Å². The molecule has 0 unspecified atom stereocenters. The van der Waals surface area contributed by atoms with Crippen LogP contribution in [0.5, 0.6) is 0 Å². The molecule has 6 nitrogen and oxygen atoms in total. The molecule has 1 aromatic carbocycles. The highest BCUT2D eigenvalue weighted by Crippen LogP contribution is 2.32. The third-order valence-electron chi connectivity index (χ3n) is 3.32. The van der Waals surface area contributed by atoms with Gasteiger partial charge in [-0.2, -0.15) is 0 Å². The highest BCUT2D eigenvalue weighted by Gasteiger charge is 2.47. The molecule has 0 amide bonds. The first-order valence-electron chi connectivity index (χ1n) is 6.05. The Labute approximate surface area is 111 Å². The van der Waals surface area contributed by atoms with Crippen LogP contribution in [0.15, 0.2) is 35.4 Å². The summed E-state index contributed by atoms with van der Waals surface area (Å²) in [5.74, 6) is 0. The maximum atomic E-state index is 10.5. The molecule has 2 N–H and O–H groups in total. The Bertz CT molecular complexity index is 475. The van der Waals surface area contributed by atoms with Gasteiger partial charge in [0.1, 0.15) is 12.2 Å². The molecule has 2 rings (SSSR count). The van der Waals surface area contributed by atoms with E-state index in [0.717, 1.165) is 5.56 Å². The summed E-state index contributed by atoms with van der Waals surface area (Å²) < 4.78 is 5.30. The standard InChI is InChI=1S/C13H16N3O3/c1-9-11(15-16-14)12(17)13(18,8-19-9)7-10-5-3-2-4-6-10/h2-6,8-9,11-12,17-18H,7H2,1H3/t9-,11-,12+,13-/m1/s1. The van der Waals surface area contributed by atoms with Crippen LogP contribution in [0.4, 0.5) is 0 Å². The van der Waals surface area contributed by atoms with E-state index in [-0.39, 0.29) is 6.42 Å². The second-order valence-corrected chi connectivity index (χ2v) is 4.75. The molecular weight excluding hydrogens is 246 g/mol. The van der Waals surface area contributed by atoms with Crippen molar-refractivity contribution in [2.24, 2.45) is 5.11 Å². The molecule has 1 aromatic rings. The van der Waals surface area contributed by atoms with E-state index >= 15 is 0 Å². The molecule has 6 heteroatoms. The maximum Gasteiger partial charge on any atom is 0.124 e. The zero-order valence-corrected chi connectivity index (χ0v) is 10.5. The summed E-state index contributed by atoms with van der Waals surface area (Å²) in [6.07, 6.45) is -1.48. The molecule has 101 valence electrons. The molecule has 0 spiro atoms. The SMILES string of the molecule is C[C@H]1O[CH][C@](O)(Cc2ccccc2)[C@@H](O)[C@@H]1N=[N+]=[N-]. The van der Waals surface area contributed by atoms with Crippen molar-refractivity contribution >= 4 is 0 Å². The number of rotatable bonds is 3. The van der Waals surface area contributed by atoms with Gasteiger partial charge in [0.05, 0.1) is 18.2 Å². The lowest BCUT2D eigenvalue weighted by Crippen LogP contribution is -2.58. The number of aliphatic hydroxyl groups excluding tert-OH is 1. The molecule has 1 fully saturated rings. The number of hydrogen-bond donors (Lipinski definition) is 2. The molecule has 19 heavy (non-hydrogen) atoms. The average molecular weight is 262 g/mol. The topological polar surface area (TPSA) is 98.5 Å². The highest BCUT2D eigenvalue weighted by atomic mass is 16.5. The van der Waals surface area contributed by atoms with Crippen molar-refractivity contribution in [1.29, 1.82) is 0 Å². The van der Waals surface area contributed by atoms with Gasteiger partial charge in [-0.15, -0.1) is 0 Å². The summed E-state index contributed by atoms with van der Waals surface area (Å²) in [5, 5.41) is 24.2. The second-order valence-electron chi connectivity index (χ2n) is 4.75. The largest absolute Gasteiger partial charge is 0.389 e. The van der Waals surface area contributed by atoms with Gasteiger partial charge >= 0.3 is 0 Å². The van der Waals surface area contributed by atoms with Crippen molar-refractivity contribution in [1.82, 2.24) is 0 Å². The molecular formula is C13H16N3O3. The third kappa shape index (κ3) is 2.88. The summed E-state index contributed by atoms with van der Waals surface area (Å²) >= 11 is 0. The minimum atomic E-state index is -1.56. The van der Waals surface area contributed by atoms with E-state index in [1.807, 2.05) is 30.3 Å². The normalized spacial score (nSPS) is 34.6. The fourth-order valence-corrected chi connectivity index (χ4v) is 2.21. The molecule has 1 saturated heterocycles. The van der Waals surface area contributed by atoms with Crippen molar-refractivity contribution in [3.05, 3.63) is 52.9 Å². The Morgan fingerprint density at radius 1 is 1.42 bits per heavy atom. The first-order chi connectivity index (χ1) is 9.07. The van der Waals surface area contributed by atoms with Crippen LogP contribution in [0.3, 0.4) is 0 Å². The number of aliphatic hydroxyl groups is 2. The van der Waals surface area contributed by atoms with E-state index in [1.165, 1.54) is 6.61 Å². The Kier molecular flexibility index (Phi) is 4.07. The molecule has 0 bridgehead atoms. The van der Waals surface area contributed by atoms with Crippen molar-refractivity contribution in [3.8, 4) is 0 Å². The molecule has 1 aliphatic heterocycles. The Morgan fingerprint density at radius 2 is 2.11 bits per heavy atom. The van der Waals surface area contributed by atoms with E-state index < -0.39 is 23.9 Å². The van der Waals surface area contributed by atoms with Gasteiger partial charge in [-0.05, 0) is 18.0 Å². The number of hydrogen-bond acceptors (Lipinski definition) is 4. The summed E-state index contributed by atoms with van der Waals surface area (Å²) in [5.41, 5.74) is 7.81. The minimum Gasteiger partial charge on any atom is -0.389 e. The number of nitrogens with zero attached hydrogens (tertiary/aromatic N) is 3. The number of benzene rings is 1. The lowest BCUT2D eigenvalue weighted by atomic mass is 9.82. The van der Waals surface area contributed by atoms with E-state index in [0.29, 0.717) is 0 Å². The zero-order valence-electron chi connectivity index (χ0n) is 10.5. The van der Waals surface area contributed by atoms with Crippen LogP contribution in [0.2, 0.25) is 0 Å². The highest BCUT2D eigenvalue weighted by molar-refractivity contribution is 5.20. The molecule has 0 aliphatic carbocycles. The van der Waals surface area contributed by atoms with Gasteiger partial charge in [0.2, 0.25) is 0 Å². The lowest BCUT2D eigenvalue weighted by Gasteiger charge is -2.42. The van der Waals surface area contributed by atoms with Crippen molar-refractivity contribution < 1.29 is 14.9 Å². The van der Waals surface area contributed by atoms with Crippen LogP contribution in [-0.2, 0) is 11.2 Å². The molecule has 0 saturated carbocycles. The quantitative estimate of drug-likeness (QED) is 0.491. The lowest BCUT2D eigenvalue weighted by molar-refractivity contribution is -0.154. The van der Waals surface area contributed by atoms with Crippen molar-refractivity contribution in [2.45, 2.75) is 37.2 Å². The molecule has 1 radical (unpaired) electrons. The van der Waals surface area contributed by atoms with E-state index in [9.17, 15) is 10.2 Å². The number of azide groups is 1. The summed E-state index contributed by atoms with van der Waals surface area (Å²) in [6.45, 7) is 2.92. The van der Waals surface area contributed by atoms with Gasteiger partial charge in [-0.25, -0.2) is 0 Å². The smallest absolute Gasteiger partial charge is 0.124 e.